The fourth-order valence-corrected chi connectivity index (χ4v) is 8.50. The molecule has 0 heterocycles. The van der Waals surface area contributed by atoms with Crippen molar-refractivity contribution in [2.45, 2.75) is 97.6 Å². The molecule has 0 aromatic heterocycles. The smallest absolute Gasteiger partial charge is 0.408 e. The Hall–Kier alpha value is -3.20. The Balaban J connectivity index is 1.58. The Kier molecular flexibility index (Phi) is 15.9. The molecule has 0 radical (unpaired) electrons. The number of benzene rings is 2. The first-order valence-electron chi connectivity index (χ1n) is 16.9. The summed E-state index contributed by atoms with van der Waals surface area (Å²) in [5.74, 6) is -0.898. The molecular weight excluding hydrogens is 617 g/mol. The van der Waals surface area contributed by atoms with E-state index in [4.69, 9.17) is 9.26 Å². The highest BCUT2D eigenvalue weighted by molar-refractivity contribution is 7.59. The van der Waals surface area contributed by atoms with Gasteiger partial charge in [0.05, 0.1) is 18.9 Å². The average Bonchev–Trinajstić information content (AvgIpc) is 3.05. The molecule has 260 valence electrons. The lowest BCUT2D eigenvalue weighted by atomic mass is 9.91. The van der Waals surface area contributed by atoms with Crippen LogP contribution in [0.1, 0.15) is 77.3 Å². The standard InChI is InChI=1S/C36H54N3O7P/c1-26(2)20-32(38-35(42)33(27(3)4)39-36(43)45-22-28-14-8-5-9-15-28)34(41)37-21-31(40)25-47(44,24-30-18-12-7-13-19-30)46-23-29-16-10-6-11-17-29/h5-6,8-11,14-17,26-27,30-33,40H,7,12-13,18-25H2,1-4H3,(H,37,41)(H,38,42)(H,39,43)/t31-,32?,33+,47?/m1/s1. The lowest BCUT2D eigenvalue weighted by Gasteiger charge is -2.29. The summed E-state index contributed by atoms with van der Waals surface area (Å²) in [6.07, 6.45) is 4.25. The molecule has 1 aliphatic rings. The van der Waals surface area contributed by atoms with E-state index in [0.717, 1.165) is 36.8 Å². The predicted molar refractivity (Wildman–Crippen MR) is 184 cm³/mol. The van der Waals surface area contributed by atoms with E-state index in [9.17, 15) is 24.1 Å². The van der Waals surface area contributed by atoms with Crippen LogP contribution in [-0.2, 0) is 36.6 Å². The number of aliphatic hydroxyl groups is 1. The SMILES string of the molecule is CC(C)CC(NC(=O)[C@@H](NC(=O)OCc1ccccc1)C(C)C)C(=O)NC[C@@H](O)CP(=O)(CC1CCCCC1)OCc1ccccc1. The molecule has 2 unspecified atom stereocenters. The second kappa shape index (κ2) is 19.6. The molecule has 1 fully saturated rings. The molecule has 2 aromatic rings. The minimum atomic E-state index is -3.22. The number of carbonyl (C=O) groups excluding carboxylic acids is 3. The number of hydrogen-bond donors (Lipinski definition) is 4. The monoisotopic (exact) mass is 671 g/mol. The van der Waals surface area contributed by atoms with Gasteiger partial charge in [-0.1, -0.05) is 108 Å². The van der Waals surface area contributed by atoms with Gasteiger partial charge in [-0.25, -0.2) is 4.79 Å². The van der Waals surface area contributed by atoms with Crippen LogP contribution in [0.5, 0.6) is 0 Å². The highest BCUT2D eigenvalue weighted by Gasteiger charge is 2.33. The predicted octanol–water partition coefficient (Wildman–Crippen LogP) is 6.02. The molecule has 47 heavy (non-hydrogen) atoms. The summed E-state index contributed by atoms with van der Waals surface area (Å²) in [7, 11) is -3.22. The number of aliphatic hydroxyl groups excluding tert-OH is 1. The van der Waals surface area contributed by atoms with Crippen LogP contribution >= 0.6 is 7.37 Å². The topological polar surface area (TPSA) is 143 Å². The van der Waals surface area contributed by atoms with Crippen LogP contribution in [0.2, 0.25) is 0 Å². The summed E-state index contributed by atoms with van der Waals surface area (Å²) in [4.78, 5) is 39.2. The van der Waals surface area contributed by atoms with Gasteiger partial charge in [0.25, 0.3) is 0 Å². The first kappa shape index (κ1) is 38.2. The molecule has 0 bridgehead atoms. The number of ether oxygens (including phenoxy) is 1. The number of carbonyl (C=O) groups is 3. The molecule has 0 saturated heterocycles. The molecule has 4 N–H and O–H groups in total. The largest absolute Gasteiger partial charge is 0.445 e. The van der Waals surface area contributed by atoms with Crippen molar-refractivity contribution in [2.24, 2.45) is 17.8 Å². The third kappa shape index (κ3) is 14.2. The number of rotatable bonds is 18. The summed E-state index contributed by atoms with van der Waals surface area (Å²) >= 11 is 0. The van der Waals surface area contributed by atoms with Crippen LogP contribution in [-0.4, -0.2) is 60.1 Å². The third-order valence-corrected chi connectivity index (χ3v) is 11.0. The molecule has 3 rings (SSSR count). The van der Waals surface area contributed by atoms with Gasteiger partial charge < -0.3 is 30.3 Å². The zero-order valence-corrected chi connectivity index (χ0v) is 29.3. The molecule has 0 aliphatic heterocycles. The Morgan fingerprint density at radius 3 is 2.02 bits per heavy atom. The van der Waals surface area contributed by atoms with E-state index in [-0.39, 0.29) is 43.7 Å². The maximum Gasteiger partial charge on any atom is 0.408 e. The summed E-state index contributed by atoms with van der Waals surface area (Å²) in [5, 5.41) is 19.1. The average molecular weight is 672 g/mol. The molecule has 2 aromatic carbocycles. The maximum atomic E-state index is 14.1. The summed E-state index contributed by atoms with van der Waals surface area (Å²) in [5.41, 5.74) is 1.72. The Labute approximate surface area is 280 Å². The Morgan fingerprint density at radius 2 is 1.45 bits per heavy atom. The highest BCUT2D eigenvalue weighted by atomic mass is 31.2. The van der Waals surface area contributed by atoms with Crippen LogP contribution in [0.25, 0.3) is 0 Å². The van der Waals surface area contributed by atoms with E-state index in [0.29, 0.717) is 12.6 Å². The van der Waals surface area contributed by atoms with Gasteiger partial charge in [-0.3, -0.25) is 14.2 Å². The van der Waals surface area contributed by atoms with E-state index in [1.165, 1.54) is 6.42 Å². The van der Waals surface area contributed by atoms with E-state index in [1.54, 1.807) is 13.8 Å². The van der Waals surface area contributed by atoms with Crippen molar-refractivity contribution in [1.29, 1.82) is 0 Å². The van der Waals surface area contributed by atoms with E-state index >= 15 is 0 Å². The fourth-order valence-electron chi connectivity index (χ4n) is 5.83. The molecule has 11 heteroatoms. The van der Waals surface area contributed by atoms with Crippen molar-refractivity contribution in [3.63, 3.8) is 0 Å². The minimum absolute atomic E-state index is 0.0602. The van der Waals surface area contributed by atoms with Crippen LogP contribution < -0.4 is 16.0 Å². The maximum absolute atomic E-state index is 14.1. The lowest BCUT2D eigenvalue weighted by molar-refractivity contribution is -0.131. The van der Waals surface area contributed by atoms with Gasteiger partial charge in [-0.15, -0.1) is 0 Å². The van der Waals surface area contributed by atoms with Crippen LogP contribution in [0.3, 0.4) is 0 Å². The van der Waals surface area contributed by atoms with Gasteiger partial charge in [-0.05, 0) is 48.1 Å². The first-order chi connectivity index (χ1) is 22.4. The van der Waals surface area contributed by atoms with Crippen molar-refractivity contribution in [1.82, 2.24) is 16.0 Å². The van der Waals surface area contributed by atoms with Crippen molar-refractivity contribution in [3.8, 4) is 0 Å². The molecule has 10 nitrogen and oxygen atoms in total. The normalized spacial score (nSPS) is 16.9. The van der Waals surface area contributed by atoms with Gasteiger partial charge in [0, 0.05) is 12.7 Å². The summed E-state index contributed by atoms with van der Waals surface area (Å²) in [6, 6.07) is 16.9. The van der Waals surface area contributed by atoms with Gasteiger partial charge in [0.1, 0.15) is 18.7 Å². The minimum Gasteiger partial charge on any atom is -0.445 e. The number of nitrogens with one attached hydrogen (secondary N) is 3. The molecule has 1 aliphatic carbocycles. The zero-order valence-electron chi connectivity index (χ0n) is 28.4. The van der Waals surface area contributed by atoms with E-state index in [1.807, 2.05) is 74.5 Å². The van der Waals surface area contributed by atoms with Crippen LogP contribution in [0, 0.1) is 17.8 Å². The second-order valence-corrected chi connectivity index (χ2v) is 16.1. The molecule has 4 atom stereocenters. The van der Waals surface area contributed by atoms with Crippen molar-refractivity contribution < 1.29 is 33.3 Å². The number of amides is 3. The highest BCUT2D eigenvalue weighted by Crippen LogP contribution is 2.51. The number of alkyl carbamates (subject to hydrolysis) is 1. The quantitative estimate of drug-likeness (QED) is 0.142. The van der Waals surface area contributed by atoms with Gasteiger partial charge in [0.2, 0.25) is 19.2 Å². The van der Waals surface area contributed by atoms with Gasteiger partial charge >= 0.3 is 6.09 Å². The molecule has 0 spiro atoms. The van der Waals surface area contributed by atoms with Crippen molar-refractivity contribution >= 4 is 25.3 Å². The second-order valence-electron chi connectivity index (χ2n) is 13.5. The number of hydrogen-bond acceptors (Lipinski definition) is 7. The van der Waals surface area contributed by atoms with Crippen LogP contribution in [0.4, 0.5) is 4.79 Å². The summed E-state index contributed by atoms with van der Waals surface area (Å²) in [6.45, 7) is 7.58. The molecule has 1 saturated carbocycles. The fraction of sp³-hybridized carbons (Fsp3) is 0.583. The first-order valence-corrected chi connectivity index (χ1v) is 18.9. The molecular formula is C36H54N3O7P. The lowest BCUT2D eigenvalue weighted by Crippen LogP contribution is -2.56. The molecule has 3 amide bonds. The van der Waals surface area contributed by atoms with E-state index < -0.39 is 43.5 Å². The third-order valence-electron chi connectivity index (χ3n) is 8.35. The van der Waals surface area contributed by atoms with Gasteiger partial charge in [-0.2, -0.15) is 0 Å². The van der Waals surface area contributed by atoms with Gasteiger partial charge in [0.15, 0.2) is 0 Å². The Bertz CT molecular complexity index is 1290. The zero-order chi connectivity index (χ0) is 34.2. The Morgan fingerprint density at radius 1 is 0.851 bits per heavy atom. The summed E-state index contributed by atoms with van der Waals surface area (Å²) < 4.78 is 25.4. The van der Waals surface area contributed by atoms with Crippen molar-refractivity contribution in [2.75, 3.05) is 18.9 Å². The van der Waals surface area contributed by atoms with Crippen molar-refractivity contribution in [3.05, 3.63) is 71.8 Å². The van der Waals surface area contributed by atoms with Crippen LogP contribution in [0.15, 0.2) is 60.7 Å². The van der Waals surface area contributed by atoms with E-state index in [2.05, 4.69) is 16.0 Å².